The standard InChI is InChI=1S/C19H22N2O/c1-3-21-18-7-5-4-6-16(18)17(13-20)19(21)12-14-8-10-15(22-2)11-9-14/h4-11H,3,12-13,20H2,1-2H3. The number of nitrogens with zero attached hydrogens (tertiary/aromatic N) is 1. The van der Waals surface area contributed by atoms with Crippen LogP contribution >= 0.6 is 0 Å². The molecule has 1 heterocycles. The summed E-state index contributed by atoms with van der Waals surface area (Å²) in [5, 5.41) is 1.27. The number of para-hydroxylation sites is 1. The summed E-state index contributed by atoms with van der Waals surface area (Å²) in [4.78, 5) is 0. The minimum absolute atomic E-state index is 0.568. The molecule has 2 aromatic carbocycles. The van der Waals surface area contributed by atoms with Crippen molar-refractivity contribution >= 4 is 10.9 Å². The van der Waals surface area contributed by atoms with Crippen molar-refractivity contribution in [3.05, 3.63) is 65.4 Å². The van der Waals surface area contributed by atoms with Crippen molar-refractivity contribution in [3.8, 4) is 5.75 Å². The molecule has 0 bridgehead atoms. The highest BCUT2D eigenvalue weighted by Crippen LogP contribution is 2.28. The summed E-state index contributed by atoms with van der Waals surface area (Å²) in [7, 11) is 1.69. The van der Waals surface area contributed by atoms with Crippen molar-refractivity contribution in [2.75, 3.05) is 7.11 Å². The molecule has 0 saturated carbocycles. The van der Waals surface area contributed by atoms with E-state index in [1.165, 1.54) is 27.7 Å². The van der Waals surface area contributed by atoms with Crippen molar-refractivity contribution in [1.82, 2.24) is 4.57 Å². The van der Waals surface area contributed by atoms with Gasteiger partial charge in [0.05, 0.1) is 7.11 Å². The second-order valence-corrected chi connectivity index (χ2v) is 5.42. The molecule has 3 heteroatoms. The van der Waals surface area contributed by atoms with Crippen LogP contribution in [0, 0.1) is 0 Å². The third kappa shape index (κ3) is 2.48. The second kappa shape index (κ2) is 6.24. The second-order valence-electron chi connectivity index (χ2n) is 5.42. The Labute approximate surface area is 131 Å². The Morgan fingerprint density at radius 3 is 2.41 bits per heavy atom. The number of hydrogen-bond donors (Lipinski definition) is 1. The third-order valence-corrected chi connectivity index (χ3v) is 4.25. The van der Waals surface area contributed by atoms with Crippen LogP contribution in [-0.4, -0.2) is 11.7 Å². The summed E-state index contributed by atoms with van der Waals surface area (Å²) in [6.07, 6.45) is 0.888. The van der Waals surface area contributed by atoms with Gasteiger partial charge < -0.3 is 15.0 Å². The van der Waals surface area contributed by atoms with E-state index in [9.17, 15) is 0 Å². The topological polar surface area (TPSA) is 40.2 Å². The molecule has 0 unspecified atom stereocenters. The first-order chi connectivity index (χ1) is 10.8. The number of hydrogen-bond acceptors (Lipinski definition) is 2. The van der Waals surface area contributed by atoms with E-state index >= 15 is 0 Å². The zero-order valence-electron chi connectivity index (χ0n) is 13.2. The molecule has 0 fully saturated rings. The maximum absolute atomic E-state index is 6.05. The fourth-order valence-electron chi connectivity index (χ4n) is 3.16. The van der Waals surface area contributed by atoms with E-state index in [1.807, 2.05) is 12.1 Å². The molecule has 3 rings (SSSR count). The molecule has 2 N–H and O–H groups in total. The van der Waals surface area contributed by atoms with Gasteiger partial charge in [0.15, 0.2) is 0 Å². The lowest BCUT2D eigenvalue weighted by Crippen LogP contribution is -2.06. The van der Waals surface area contributed by atoms with Gasteiger partial charge in [-0.3, -0.25) is 0 Å². The van der Waals surface area contributed by atoms with Gasteiger partial charge in [0.1, 0.15) is 5.75 Å². The van der Waals surface area contributed by atoms with Crippen molar-refractivity contribution in [2.45, 2.75) is 26.4 Å². The van der Waals surface area contributed by atoms with Crippen molar-refractivity contribution in [1.29, 1.82) is 0 Å². The molecule has 0 aliphatic heterocycles. The number of fused-ring (bicyclic) bond motifs is 1. The minimum atomic E-state index is 0.568. The van der Waals surface area contributed by atoms with E-state index in [-0.39, 0.29) is 0 Å². The average molecular weight is 294 g/mol. The van der Waals surface area contributed by atoms with E-state index < -0.39 is 0 Å². The Morgan fingerprint density at radius 2 is 1.77 bits per heavy atom. The van der Waals surface area contributed by atoms with Gasteiger partial charge in [-0.05, 0) is 36.2 Å². The molecule has 1 aromatic heterocycles. The minimum Gasteiger partial charge on any atom is -0.497 e. The van der Waals surface area contributed by atoms with E-state index in [0.717, 1.165) is 18.7 Å². The lowest BCUT2D eigenvalue weighted by atomic mass is 10.0. The van der Waals surface area contributed by atoms with Gasteiger partial charge >= 0.3 is 0 Å². The fourth-order valence-corrected chi connectivity index (χ4v) is 3.16. The van der Waals surface area contributed by atoms with Gasteiger partial charge in [0.2, 0.25) is 0 Å². The molecular weight excluding hydrogens is 272 g/mol. The van der Waals surface area contributed by atoms with Crippen LogP contribution < -0.4 is 10.5 Å². The van der Waals surface area contributed by atoms with Gasteiger partial charge in [-0.2, -0.15) is 0 Å². The first-order valence-corrected chi connectivity index (χ1v) is 7.70. The Bertz CT molecular complexity index is 731. The molecule has 114 valence electrons. The predicted octanol–water partition coefficient (Wildman–Crippen LogP) is 3.72. The summed E-state index contributed by atoms with van der Waals surface area (Å²) in [5.74, 6) is 0.888. The van der Waals surface area contributed by atoms with Crippen LogP contribution in [0.25, 0.3) is 10.9 Å². The van der Waals surface area contributed by atoms with Crippen LogP contribution in [0.15, 0.2) is 48.5 Å². The van der Waals surface area contributed by atoms with Crippen LogP contribution in [0.1, 0.15) is 23.7 Å². The normalized spacial score (nSPS) is 11.0. The molecule has 0 spiro atoms. The van der Waals surface area contributed by atoms with Crippen LogP contribution in [0.2, 0.25) is 0 Å². The zero-order chi connectivity index (χ0) is 15.5. The highest BCUT2D eigenvalue weighted by Gasteiger charge is 2.15. The van der Waals surface area contributed by atoms with Crippen LogP contribution in [0.3, 0.4) is 0 Å². The molecule has 0 amide bonds. The summed E-state index contributed by atoms with van der Waals surface area (Å²) in [6, 6.07) is 16.8. The quantitative estimate of drug-likeness (QED) is 0.779. The maximum atomic E-state index is 6.05. The summed E-state index contributed by atoms with van der Waals surface area (Å²) in [6.45, 7) is 3.70. The van der Waals surface area contributed by atoms with Crippen molar-refractivity contribution in [2.24, 2.45) is 5.73 Å². The molecule has 0 saturated heterocycles. The first-order valence-electron chi connectivity index (χ1n) is 7.70. The van der Waals surface area contributed by atoms with Crippen LogP contribution in [0.4, 0.5) is 0 Å². The van der Waals surface area contributed by atoms with E-state index in [2.05, 4.69) is 47.9 Å². The van der Waals surface area contributed by atoms with Gasteiger partial charge in [0.25, 0.3) is 0 Å². The van der Waals surface area contributed by atoms with E-state index in [4.69, 9.17) is 10.5 Å². The molecule has 22 heavy (non-hydrogen) atoms. The maximum Gasteiger partial charge on any atom is 0.118 e. The average Bonchev–Trinajstić information content (AvgIpc) is 2.87. The predicted molar refractivity (Wildman–Crippen MR) is 91.3 cm³/mol. The fraction of sp³-hybridized carbons (Fsp3) is 0.263. The lowest BCUT2D eigenvalue weighted by molar-refractivity contribution is 0.414. The van der Waals surface area contributed by atoms with Crippen LogP contribution in [-0.2, 0) is 19.5 Å². The van der Waals surface area contributed by atoms with Gasteiger partial charge in [-0.15, -0.1) is 0 Å². The van der Waals surface area contributed by atoms with E-state index in [1.54, 1.807) is 7.11 Å². The largest absolute Gasteiger partial charge is 0.497 e. The first kappa shape index (κ1) is 14.7. The molecular formula is C19H22N2O. The Morgan fingerprint density at radius 1 is 1.05 bits per heavy atom. The smallest absolute Gasteiger partial charge is 0.118 e. The number of rotatable bonds is 5. The number of nitrogens with two attached hydrogens (primary N) is 1. The van der Waals surface area contributed by atoms with Crippen molar-refractivity contribution in [3.63, 3.8) is 0 Å². The summed E-state index contributed by atoms with van der Waals surface area (Å²) >= 11 is 0. The zero-order valence-corrected chi connectivity index (χ0v) is 13.2. The number of benzene rings is 2. The number of aryl methyl sites for hydroxylation is 1. The molecule has 3 nitrogen and oxygen atoms in total. The molecule has 0 aliphatic rings. The van der Waals surface area contributed by atoms with E-state index in [0.29, 0.717) is 6.54 Å². The summed E-state index contributed by atoms with van der Waals surface area (Å²) < 4.78 is 7.61. The highest BCUT2D eigenvalue weighted by molar-refractivity contribution is 5.85. The number of ether oxygens (including phenoxy) is 1. The Hall–Kier alpha value is -2.26. The van der Waals surface area contributed by atoms with Crippen molar-refractivity contribution < 1.29 is 4.74 Å². The number of methoxy groups -OCH3 is 1. The third-order valence-electron chi connectivity index (χ3n) is 4.25. The van der Waals surface area contributed by atoms with Gasteiger partial charge in [0, 0.05) is 36.1 Å². The molecule has 0 radical (unpaired) electrons. The number of aromatic nitrogens is 1. The summed E-state index contributed by atoms with van der Waals surface area (Å²) in [5.41, 5.74) is 11.2. The Balaban J connectivity index is 2.08. The molecule has 0 atom stereocenters. The van der Waals surface area contributed by atoms with Gasteiger partial charge in [-0.1, -0.05) is 30.3 Å². The van der Waals surface area contributed by atoms with Gasteiger partial charge in [-0.25, -0.2) is 0 Å². The highest BCUT2D eigenvalue weighted by atomic mass is 16.5. The lowest BCUT2D eigenvalue weighted by Gasteiger charge is -2.10. The Kier molecular flexibility index (Phi) is 4.16. The SMILES string of the molecule is CCn1c(Cc2ccc(OC)cc2)c(CN)c2ccccc21. The monoisotopic (exact) mass is 294 g/mol. The molecule has 0 aliphatic carbocycles. The van der Waals surface area contributed by atoms with Crippen LogP contribution in [0.5, 0.6) is 5.75 Å². The molecule has 3 aromatic rings.